The molecule has 5 heteroatoms. The molecule has 0 atom stereocenters. The second kappa shape index (κ2) is 6.48. The summed E-state index contributed by atoms with van der Waals surface area (Å²) in [5, 5.41) is 11.2. The number of piperidine rings is 1. The van der Waals surface area contributed by atoms with Gasteiger partial charge in [0, 0.05) is 19.4 Å². The molecule has 16 heavy (non-hydrogen) atoms. The first-order valence-electron chi connectivity index (χ1n) is 5.79. The molecule has 1 amide bonds. The van der Waals surface area contributed by atoms with Gasteiger partial charge in [0.2, 0.25) is 5.91 Å². The average molecular weight is 228 g/mol. The van der Waals surface area contributed by atoms with Gasteiger partial charge in [-0.3, -0.25) is 9.59 Å². The maximum atomic E-state index is 11.4. The highest BCUT2D eigenvalue weighted by Gasteiger charge is 2.23. The Labute approximate surface area is 95.8 Å². The first kappa shape index (κ1) is 13.0. The number of hydrogen-bond donors (Lipinski definition) is 2. The van der Waals surface area contributed by atoms with E-state index in [0.717, 1.165) is 32.5 Å². The number of carboxylic acids is 1. The summed E-state index contributed by atoms with van der Waals surface area (Å²) in [6.07, 6.45) is 2.69. The average Bonchev–Trinajstić information content (AvgIpc) is 2.28. The SMILES string of the molecule is CNC(=O)C1CCN(CCCC(=O)O)CC1. The van der Waals surface area contributed by atoms with Crippen LogP contribution in [0.25, 0.3) is 0 Å². The third kappa shape index (κ3) is 4.18. The zero-order chi connectivity index (χ0) is 12.0. The number of aliphatic carboxylic acids is 1. The standard InChI is InChI=1S/C11H20N2O3/c1-12-11(16)9-4-7-13(8-5-9)6-2-3-10(14)15/h9H,2-8H2,1H3,(H,12,16)(H,14,15). The summed E-state index contributed by atoms with van der Waals surface area (Å²) in [6, 6.07) is 0. The molecule has 0 unspecified atom stereocenters. The highest BCUT2D eigenvalue weighted by atomic mass is 16.4. The van der Waals surface area contributed by atoms with Gasteiger partial charge in [-0.25, -0.2) is 0 Å². The molecule has 0 saturated carbocycles. The molecule has 0 aromatic rings. The fourth-order valence-corrected chi connectivity index (χ4v) is 2.08. The van der Waals surface area contributed by atoms with E-state index < -0.39 is 5.97 Å². The maximum absolute atomic E-state index is 11.4. The highest BCUT2D eigenvalue weighted by molar-refractivity contribution is 5.78. The summed E-state index contributed by atoms with van der Waals surface area (Å²) in [7, 11) is 1.67. The fraction of sp³-hybridized carbons (Fsp3) is 0.818. The first-order valence-corrected chi connectivity index (χ1v) is 5.79. The van der Waals surface area contributed by atoms with E-state index in [0.29, 0.717) is 6.42 Å². The van der Waals surface area contributed by atoms with Gasteiger partial charge in [-0.05, 0) is 38.9 Å². The van der Waals surface area contributed by atoms with Crippen molar-refractivity contribution >= 4 is 11.9 Å². The van der Waals surface area contributed by atoms with Crippen molar-refractivity contribution < 1.29 is 14.7 Å². The number of hydrogen-bond acceptors (Lipinski definition) is 3. The molecule has 1 aliphatic heterocycles. The Morgan fingerprint density at radius 2 is 2.00 bits per heavy atom. The van der Waals surface area contributed by atoms with Crippen molar-refractivity contribution in [1.29, 1.82) is 0 Å². The van der Waals surface area contributed by atoms with Gasteiger partial charge in [-0.15, -0.1) is 0 Å². The number of rotatable bonds is 5. The molecule has 1 fully saturated rings. The van der Waals surface area contributed by atoms with Crippen molar-refractivity contribution in [2.75, 3.05) is 26.7 Å². The third-order valence-electron chi connectivity index (χ3n) is 3.07. The van der Waals surface area contributed by atoms with E-state index in [2.05, 4.69) is 10.2 Å². The Hall–Kier alpha value is -1.10. The van der Waals surface area contributed by atoms with Crippen molar-refractivity contribution in [3.63, 3.8) is 0 Å². The number of carboxylic acid groups (broad SMARTS) is 1. The lowest BCUT2D eigenvalue weighted by Gasteiger charge is -2.30. The number of carbonyl (C=O) groups is 2. The van der Waals surface area contributed by atoms with Crippen molar-refractivity contribution in [2.45, 2.75) is 25.7 Å². The van der Waals surface area contributed by atoms with E-state index in [1.165, 1.54) is 0 Å². The molecule has 1 saturated heterocycles. The lowest BCUT2D eigenvalue weighted by molar-refractivity contribution is -0.137. The first-order chi connectivity index (χ1) is 7.63. The number of carbonyl (C=O) groups excluding carboxylic acids is 1. The molecule has 1 rings (SSSR count). The van der Waals surface area contributed by atoms with E-state index in [9.17, 15) is 9.59 Å². The van der Waals surface area contributed by atoms with E-state index in [4.69, 9.17) is 5.11 Å². The van der Waals surface area contributed by atoms with E-state index in [1.807, 2.05) is 0 Å². The molecule has 0 aromatic heterocycles. The molecule has 1 heterocycles. The Morgan fingerprint density at radius 1 is 1.38 bits per heavy atom. The molecule has 0 radical (unpaired) electrons. The van der Waals surface area contributed by atoms with E-state index in [-0.39, 0.29) is 18.2 Å². The molecule has 0 aromatic carbocycles. The van der Waals surface area contributed by atoms with Crippen LogP contribution in [0.3, 0.4) is 0 Å². The predicted octanol–water partition coefficient (Wildman–Crippen LogP) is 0.309. The smallest absolute Gasteiger partial charge is 0.303 e. The highest BCUT2D eigenvalue weighted by Crippen LogP contribution is 2.17. The minimum Gasteiger partial charge on any atom is -0.481 e. The second-order valence-corrected chi connectivity index (χ2v) is 4.23. The van der Waals surface area contributed by atoms with Gasteiger partial charge in [0.1, 0.15) is 0 Å². The molecular formula is C11H20N2O3. The number of nitrogens with one attached hydrogen (secondary N) is 1. The van der Waals surface area contributed by atoms with Crippen LogP contribution in [-0.4, -0.2) is 48.6 Å². The Bertz CT molecular complexity index is 248. The molecule has 0 spiro atoms. The second-order valence-electron chi connectivity index (χ2n) is 4.23. The monoisotopic (exact) mass is 228 g/mol. The third-order valence-corrected chi connectivity index (χ3v) is 3.07. The van der Waals surface area contributed by atoms with Crippen LogP contribution in [0.2, 0.25) is 0 Å². The van der Waals surface area contributed by atoms with Crippen LogP contribution in [-0.2, 0) is 9.59 Å². The lowest BCUT2D eigenvalue weighted by atomic mass is 9.96. The molecule has 0 bridgehead atoms. The summed E-state index contributed by atoms with van der Waals surface area (Å²) < 4.78 is 0. The largest absolute Gasteiger partial charge is 0.481 e. The summed E-state index contributed by atoms with van der Waals surface area (Å²) >= 11 is 0. The zero-order valence-corrected chi connectivity index (χ0v) is 9.74. The maximum Gasteiger partial charge on any atom is 0.303 e. The van der Waals surface area contributed by atoms with Crippen LogP contribution in [0, 0.1) is 5.92 Å². The lowest BCUT2D eigenvalue weighted by Crippen LogP contribution is -2.39. The molecular weight excluding hydrogens is 208 g/mol. The van der Waals surface area contributed by atoms with Gasteiger partial charge in [-0.2, -0.15) is 0 Å². The van der Waals surface area contributed by atoms with Gasteiger partial charge in [0.25, 0.3) is 0 Å². The molecule has 1 aliphatic rings. The molecule has 5 nitrogen and oxygen atoms in total. The van der Waals surface area contributed by atoms with E-state index in [1.54, 1.807) is 7.05 Å². The van der Waals surface area contributed by atoms with Gasteiger partial charge < -0.3 is 15.3 Å². The Kier molecular flexibility index (Phi) is 5.25. The fourth-order valence-electron chi connectivity index (χ4n) is 2.08. The normalized spacial score (nSPS) is 18.3. The van der Waals surface area contributed by atoms with Gasteiger partial charge in [0.15, 0.2) is 0 Å². The van der Waals surface area contributed by atoms with Gasteiger partial charge >= 0.3 is 5.97 Å². The molecule has 92 valence electrons. The van der Waals surface area contributed by atoms with Crippen LogP contribution in [0.15, 0.2) is 0 Å². The topological polar surface area (TPSA) is 69.6 Å². The summed E-state index contributed by atoms with van der Waals surface area (Å²) in [6.45, 7) is 2.63. The minimum atomic E-state index is -0.736. The van der Waals surface area contributed by atoms with Crippen molar-refractivity contribution in [1.82, 2.24) is 10.2 Å². The van der Waals surface area contributed by atoms with Crippen molar-refractivity contribution in [3.8, 4) is 0 Å². The summed E-state index contributed by atoms with van der Waals surface area (Å²) in [5.41, 5.74) is 0. The van der Waals surface area contributed by atoms with Crippen molar-refractivity contribution in [2.24, 2.45) is 5.92 Å². The molecule has 0 aliphatic carbocycles. The van der Waals surface area contributed by atoms with Crippen LogP contribution < -0.4 is 5.32 Å². The number of nitrogens with zero attached hydrogens (tertiary/aromatic N) is 1. The Balaban J connectivity index is 2.17. The van der Waals surface area contributed by atoms with Gasteiger partial charge in [0.05, 0.1) is 0 Å². The van der Waals surface area contributed by atoms with Crippen LogP contribution in [0.1, 0.15) is 25.7 Å². The summed E-state index contributed by atoms with van der Waals surface area (Å²) in [5.74, 6) is -0.467. The predicted molar refractivity (Wildman–Crippen MR) is 60.1 cm³/mol. The van der Waals surface area contributed by atoms with Crippen molar-refractivity contribution in [3.05, 3.63) is 0 Å². The number of likely N-dealkylation sites (tertiary alicyclic amines) is 1. The zero-order valence-electron chi connectivity index (χ0n) is 9.74. The van der Waals surface area contributed by atoms with Gasteiger partial charge in [-0.1, -0.05) is 0 Å². The number of amides is 1. The van der Waals surface area contributed by atoms with Crippen LogP contribution >= 0.6 is 0 Å². The minimum absolute atomic E-state index is 0.130. The summed E-state index contributed by atoms with van der Waals surface area (Å²) in [4.78, 5) is 24.0. The molecule has 2 N–H and O–H groups in total. The van der Waals surface area contributed by atoms with Crippen LogP contribution in [0.4, 0.5) is 0 Å². The quantitative estimate of drug-likeness (QED) is 0.710. The Morgan fingerprint density at radius 3 is 2.50 bits per heavy atom. The van der Waals surface area contributed by atoms with Crippen LogP contribution in [0.5, 0.6) is 0 Å². The van der Waals surface area contributed by atoms with E-state index >= 15 is 0 Å².